The Kier molecular flexibility index (Phi) is 4.63. The van der Waals surface area contributed by atoms with E-state index >= 15 is 0 Å². The van der Waals surface area contributed by atoms with Crippen LogP contribution in [0.15, 0.2) is 18.2 Å². The summed E-state index contributed by atoms with van der Waals surface area (Å²) >= 11 is 0. The summed E-state index contributed by atoms with van der Waals surface area (Å²) in [5.41, 5.74) is 0.577. The van der Waals surface area contributed by atoms with Crippen LogP contribution >= 0.6 is 0 Å². The van der Waals surface area contributed by atoms with Crippen LogP contribution in [0.3, 0.4) is 0 Å². The summed E-state index contributed by atoms with van der Waals surface area (Å²) in [5, 5.41) is 19.7. The third-order valence-electron chi connectivity index (χ3n) is 2.77. The Hall–Kier alpha value is -2.13. The summed E-state index contributed by atoms with van der Waals surface area (Å²) in [6.07, 6.45) is 0. The zero-order valence-corrected chi connectivity index (χ0v) is 10.6. The van der Waals surface area contributed by atoms with Crippen molar-refractivity contribution in [3.05, 3.63) is 33.9 Å². The number of rotatable bonds is 5. The molecule has 6 heteroatoms. The molecule has 0 fully saturated rings. The van der Waals surface area contributed by atoms with E-state index in [0.717, 1.165) is 0 Å². The van der Waals surface area contributed by atoms with E-state index in [-0.39, 0.29) is 17.3 Å². The van der Waals surface area contributed by atoms with Crippen molar-refractivity contribution < 1.29 is 9.66 Å². The average molecular weight is 249 g/mol. The van der Waals surface area contributed by atoms with Crippen LogP contribution in [0.2, 0.25) is 0 Å². The number of ether oxygens (including phenoxy) is 1. The van der Waals surface area contributed by atoms with Gasteiger partial charge in [-0.25, -0.2) is 0 Å². The Morgan fingerprint density at radius 3 is 2.78 bits per heavy atom. The summed E-state index contributed by atoms with van der Waals surface area (Å²) < 4.78 is 5.04. The van der Waals surface area contributed by atoms with Gasteiger partial charge in [0.25, 0.3) is 5.69 Å². The molecule has 0 bridgehead atoms. The SMILES string of the molecule is COCC(C)N(C)c1ccc(C#N)c([N+](=O)[O-])c1. The lowest BCUT2D eigenvalue weighted by Gasteiger charge is -2.26. The standard InChI is InChI=1S/C12H15N3O3/c1-9(8-18-3)14(2)11-5-4-10(7-13)12(6-11)15(16)17/h4-6,9H,8H2,1-3H3. The molecule has 0 saturated heterocycles. The molecule has 0 saturated carbocycles. The van der Waals surface area contributed by atoms with Gasteiger partial charge in [-0.2, -0.15) is 5.26 Å². The number of likely N-dealkylation sites (N-methyl/N-ethyl adjacent to an activating group) is 1. The molecule has 0 radical (unpaired) electrons. The van der Waals surface area contributed by atoms with Gasteiger partial charge in [0.05, 0.1) is 11.5 Å². The van der Waals surface area contributed by atoms with Crippen molar-refractivity contribution >= 4 is 11.4 Å². The maximum atomic E-state index is 10.9. The van der Waals surface area contributed by atoms with Gasteiger partial charge >= 0.3 is 0 Å². The first kappa shape index (κ1) is 13.9. The fraction of sp³-hybridized carbons (Fsp3) is 0.417. The van der Waals surface area contributed by atoms with Crippen LogP contribution in [0, 0.1) is 21.4 Å². The quantitative estimate of drug-likeness (QED) is 0.588. The predicted octanol–water partition coefficient (Wildman–Crippen LogP) is 1.94. The molecule has 96 valence electrons. The molecule has 0 aliphatic carbocycles. The van der Waals surface area contributed by atoms with Crippen molar-refractivity contribution in [2.45, 2.75) is 13.0 Å². The van der Waals surface area contributed by atoms with Crippen molar-refractivity contribution in [1.82, 2.24) is 0 Å². The van der Waals surface area contributed by atoms with Gasteiger partial charge in [0, 0.05) is 32.0 Å². The molecule has 0 aliphatic heterocycles. The first-order valence-corrected chi connectivity index (χ1v) is 5.41. The normalized spacial score (nSPS) is 11.7. The Balaban J connectivity index is 3.09. The van der Waals surface area contributed by atoms with Gasteiger partial charge in [-0.15, -0.1) is 0 Å². The zero-order valence-electron chi connectivity index (χ0n) is 10.6. The van der Waals surface area contributed by atoms with E-state index < -0.39 is 4.92 Å². The highest BCUT2D eigenvalue weighted by molar-refractivity contribution is 5.60. The number of anilines is 1. The molecule has 6 nitrogen and oxygen atoms in total. The summed E-state index contributed by atoms with van der Waals surface area (Å²) in [6.45, 7) is 2.47. The number of nitriles is 1. The Bertz CT molecular complexity index is 482. The molecule has 1 atom stereocenters. The third-order valence-corrected chi connectivity index (χ3v) is 2.77. The van der Waals surface area contributed by atoms with E-state index in [9.17, 15) is 10.1 Å². The second kappa shape index (κ2) is 5.98. The average Bonchev–Trinajstić information content (AvgIpc) is 2.37. The first-order valence-electron chi connectivity index (χ1n) is 5.41. The topological polar surface area (TPSA) is 79.4 Å². The smallest absolute Gasteiger partial charge is 0.289 e. The Labute approximate surface area is 106 Å². The number of nitrogens with zero attached hydrogens (tertiary/aromatic N) is 3. The van der Waals surface area contributed by atoms with E-state index in [1.54, 1.807) is 13.2 Å². The molecular formula is C12H15N3O3. The third kappa shape index (κ3) is 2.96. The van der Waals surface area contributed by atoms with Crippen molar-refractivity contribution in [3.63, 3.8) is 0 Å². The molecule has 0 spiro atoms. The summed E-state index contributed by atoms with van der Waals surface area (Å²) in [6, 6.07) is 6.46. The molecule has 1 unspecified atom stereocenters. The number of hydrogen-bond donors (Lipinski definition) is 0. The highest BCUT2D eigenvalue weighted by Crippen LogP contribution is 2.25. The van der Waals surface area contributed by atoms with Crippen molar-refractivity contribution in [3.8, 4) is 6.07 Å². The van der Waals surface area contributed by atoms with Crippen molar-refractivity contribution in [1.29, 1.82) is 5.26 Å². The highest BCUT2D eigenvalue weighted by atomic mass is 16.6. The number of nitro benzene ring substituents is 1. The number of benzene rings is 1. The van der Waals surface area contributed by atoms with Crippen LogP contribution in [-0.4, -0.2) is 31.7 Å². The lowest BCUT2D eigenvalue weighted by atomic mass is 10.1. The van der Waals surface area contributed by atoms with Crippen molar-refractivity contribution in [2.24, 2.45) is 0 Å². The fourth-order valence-corrected chi connectivity index (χ4v) is 1.59. The van der Waals surface area contributed by atoms with E-state index in [4.69, 9.17) is 10.00 Å². The summed E-state index contributed by atoms with van der Waals surface area (Å²) in [5.74, 6) is 0. The van der Waals surface area contributed by atoms with Crippen LogP contribution in [0.1, 0.15) is 12.5 Å². The van der Waals surface area contributed by atoms with Crippen molar-refractivity contribution in [2.75, 3.05) is 25.7 Å². The molecule has 0 aromatic heterocycles. The summed E-state index contributed by atoms with van der Waals surface area (Å²) in [4.78, 5) is 12.2. The van der Waals surface area contributed by atoms with Gasteiger partial charge in [0.2, 0.25) is 0 Å². The monoisotopic (exact) mass is 249 g/mol. The van der Waals surface area contributed by atoms with E-state index in [1.807, 2.05) is 24.9 Å². The lowest BCUT2D eigenvalue weighted by molar-refractivity contribution is -0.385. The van der Waals surface area contributed by atoms with Crippen LogP contribution in [0.4, 0.5) is 11.4 Å². The second-order valence-electron chi connectivity index (χ2n) is 3.99. The van der Waals surface area contributed by atoms with Crippen LogP contribution < -0.4 is 4.90 Å². The minimum Gasteiger partial charge on any atom is -0.383 e. The Morgan fingerprint density at radius 1 is 1.61 bits per heavy atom. The second-order valence-corrected chi connectivity index (χ2v) is 3.99. The van der Waals surface area contributed by atoms with Crippen LogP contribution in [-0.2, 0) is 4.74 Å². The maximum absolute atomic E-state index is 10.9. The first-order chi connectivity index (χ1) is 8.51. The van der Waals surface area contributed by atoms with Crippen LogP contribution in [0.25, 0.3) is 0 Å². The molecule has 1 rings (SSSR count). The zero-order chi connectivity index (χ0) is 13.7. The largest absolute Gasteiger partial charge is 0.383 e. The Morgan fingerprint density at radius 2 is 2.28 bits per heavy atom. The van der Waals surface area contributed by atoms with Gasteiger partial charge in [-0.1, -0.05) is 0 Å². The number of methoxy groups -OCH3 is 1. The van der Waals surface area contributed by atoms with E-state index in [0.29, 0.717) is 12.3 Å². The predicted molar refractivity (Wildman–Crippen MR) is 67.6 cm³/mol. The van der Waals surface area contributed by atoms with E-state index in [1.165, 1.54) is 12.1 Å². The van der Waals surface area contributed by atoms with Gasteiger partial charge in [-0.3, -0.25) is 10.1 Å². The molecule has 0 N–H and O–H groups in total. The minimum absolute atomic E-state index is 0.0662. The van der Waals surface area contributed by atoms with E-state index in [2.05, 4.69) is 0 Å². The molecule has 0 heterocycles. The number of hydrogen-bond acceptors (Lipinski definition) is 5. The molecule has 0 amide bonds. The fourth-order valence-electron chi connectivity index (χ4n) is 1.59. The van der Waals surface area contributed by atoms with Gasteiger partial charge in [-0.05, 0) is 19.1 Å². The van der Waals surface area contributed by atoms with Gasteiger partial charge in [0.15, 0.2) is 0 Å². The molecule has 1 aromatic carbocycles. The lowest BCUT2D eigenvalue weighted by Crippen LogP contribution is -2.32. The molecule has 0 aliphatic rings. The van der Waals surface area contributed by atoms with Gasteiger partial charge in [0.1, 0.15) is 11.6 Å². The molecule has 1 aromatic rings. The highest BCUT2D eigenvalue weighted by Gasteiger charge is 2.17. The minimum atomic E-state index is -0.545. The van der Waals surface area contributed by atoms with Crippen LogP contribution in [0.5, 0.6) is 0 Å². The number of nitro groups is 1. The van der Waals surface area contributed by atoms with Gasteiger partial charge < -0.3 is 9.64 Å². The molecule has 18 heavy (non-hydrogen) atoms. The maximum Gasteiger partial charge on any atom is 0.289 e. The summed E-state index contributed by atoms with van der Waals surface area (Å²) in [7, 11) is 3.43. The molecular weight excluding hydrogens is 234 g/mol.